The van der Waals surface area contributed by atoms with Crippen molar-refractivity contribution in [3.8, 4) is 0 Å². The molecule has 0 aliphatic carbocycles. The lowest BCUT2D eigenvalue weighted by atomic mass is 10.2. The second-order valence-electron chi connectivity index (χ2n) is 3.99. The zero-order valence-corrected chi connectivity index (χ0v) is 9.90. The molecule has 6 heteroatoms. The van der Waals surface area contributed by atoms with Gasteiger partial charge in [-0.2, -0.15) is 0 Å². The van der Waals surface area contributed by atoms with Crippen LogP contribution in [0.15, 0.2) is 6.33 Å². The van der Waals surface area contributed by atoms with E-state index in [1.165, 1.54) is 6.33 Å². The van der Waals surface area contributed by atoms with E-state index in [0.29, 0.717) is 44.2 Å². The molecule has 2 rings (SSSR count). The van der Waals surface area contributed by atoms with Gasteiger partial charge in [0.1, 0.15) is 6.33 Å². The van der Waals surface area contributed by atoms with E-state index in [1.807, 2.05) is 11.8 Å². The predicted octanol–water partition coefficient (Wildman–Crippen LogP) is 0.342. The van der Waals surface area contributed by atoms with Crippen LogP contribution in [0.2, 0.25) is 0 Å². The molecule has 0 radical (unpaired) electrons. The summed E-state index contributed by atoms with van der Waals surface area (Å²) in [6.45, 7) is 4.06. The Labute approximate surface area is 99.8 Å². The number of hydrogen-bond acceptors (Lipinski definition) is 5. The van der Waals surface area contributed by atoms with Gasteiger partial charge in [-0.15, -0.1) is 0 Å². The maximum Gasteiger partial charge on any atom is 0.187 e. The van der Waals surface area contributed by atoms with Gasteiger partial charge in [0.25, 0.3) is 0 Å². The minimum atomic E-state index is -0.326. The van der Waals surface area contributed by atoms with Crippen LogP contribution in [0, 0.1) is 5.82 Å². The molecular formula is C11H17FN4O. The molecule has 17 heavy (non-hydrogen) atoms. The van der Waals surface area contributed by atoms with Gasteiger partial charge in [0.05, 0.1) is 18.4 Å². The highest BCUT2D eigenvalue weighted by molar-refractivity contribution is 5.41. The Kier molecular flexibility index (Phi) is 3.86. The fraction of sp³-hybridized carbons (Fsp3) is 0.636. The van der Waals surface area contributed by atoms with Crippen molar-refractivity contribution >= 4 is 5.82 Å². The topological polar surface area (TPSA) is 64.3 Å². The van der Waals surface area contributed by atoms with Gasteiger partial charge in [0.15, 0.2) is 11.6 Å². The quantitative estimate of drug-likeness (QED) is 0.825. The van der Waals surface area contributed by atoms with Gasteiger partial charge >= 0.3 is 0 Å². The third-order valence-electron chi connectivity index (χ3n) is 2.88. The second-order valence-corrected chi connectivity index (χ2v) is 3.99. The van der Waals surface area contributed by atoms with Crippen molar-refractivity contribution in [3.63, 3.8) is 0 Å². The van der Waals surface area contributed by atoms with Crippen LogP contribution < -0.4 is 10.6 Å². The minimum Gasteiger partial charge on any atom is -0.373 e. The number of ether oxygens (including phenoxy) is 1. The molecule has 1 aromatic heterocycles. The molecule has 1 fully saturated rings. The molecule has 5 nitrogen and oxygen atoms in total. The zero-order valence-electron chi connectivity index (χ0n) is 9.90. The highest BCUT2D eigenvalue weighted by atomic mass is 19.1. The smallest absolute Gasteiger partial charge is 0.187 e. The first-order valence-electron chi connectivity index (χ1n) is 5.82. The van der Waals surface area contributed by atoms with E-state index in [-0.39, 0.29) is 11.9 Å². The molecule has 1 saturated heterocycles. The molecule has 1 aromatic rings. The summed E-state index contributed by atoms with van der Waals surface area (Å²) in [6, 6.07) is 0. The summed E-state index contributed by atoms with van der Waals surface area (Å²) >= 11 is 0. The first kappa shape index (κ1) is 12.2. The number of hydrogen-bond donors (Lipinski definition) is 1. The molecule has 0 spiro atoms. The Morgan fingerprint density at radius 2 is 2.41 bits per heavy atom. The van der Waals surface area contributed by atoms with E-state index in [1.54, 1.807) is 0 Å². The first-order chi connectivity index (χ1) is 8.26. The monoisotopic (exact) mass is 240 g/mol. The summed E-state index contributed by atoms with van der Waals surface area (Å²) in [5, 5.41) is 0. The van der Waals surface area contributed by atoms with Crippen LogP contribution in [0.5, 0.6) is 0 Å². The molecule has 0 saturated carbocycles. The Morgan fingerprint density at radius 3 is 3.12 bits per heavy atom. The Hall–Kier alpha value is -1.27. The lowest BCUT2D eigenvalue weighted by Crippen LogP contribution is -2.46. The average molecular weight is 240 g/mol. The SMILES string of the molecule is CCc1ncnc(N2CCOC(CN)C2)c1F. The van der Waals surface area contributed by atoms with E-state index in [9.17, 15) is 4.39 Å². The molecule has 2 heterocycles. The van der Waals surface area contributed by atoms with E-state index in [4.69, 9.17) is 10.5 Å². The fourth-order valence-electron chi connectivity index (χ4n) is 1.92. The number of anilines is 1. The second kappa shape index (κ2) is 5.37. The van der Waals surface area contributed by atoms with Crippen LogP contribution >= 0.6 is 0 Å². The third kappa shape index (κ3) is 2.53. The van der Waals surface area contributed by atoms with Gasteiger partial charge in [0.2, 0.25) is 0 Å². The number of halogens is 1. The zero-order chi connectivity index (χ0) is 12.3. The molecular weight excluding hydrogens is 223 g/mol. The summed E-state index contributed by atoms with van der Waals surface area (Å²) in [5.74, 6) is 0.0336. The number of morpholine rings is 1. The number of nitrogens with zero attached hydrogens (tertiary/aromatic N) is 3. The van der Waals surface area contributed by atoms with Crippen molar-refractivity contribution in [3.05, 3.63) is 17.8 Å². The van der Waals surface area contributed by atoms with Crippen molar-refractivity contribution in [2.75, 3.05) is 31.1 Å². The fourth-order valence-corrected chi connectivity index (χ4v) is 1.92. The molecule has 1 aliphatic heterocycles. The molecule has 94 valence electrons. The minimum absolute atomic E-state index is 0.0526. The van der Waals surface area contributed by atoms with Crippen LogP contribution in [-0.4, -0.2) is 42.3 Å². The Bertz CT molecular complexity index is 388. The lowest BCUT2D eigenvalue weighted by molar-refractivity contribution is 0.0460. The number of aryl methyl sites for hydroxylation is 1. The van der Waals surface area contributed by atoms with Gasteiger partial charge in [-0.3, -0.25) is 0 Å². The van der Waals surface area contributed by atoms with Gasteiger partial charge in [-0.1, -0.05) is 6.92 Å². The molecule has 1 atom stereocenters. The highest BCUT2D eigenvalue weighted by Gasteiger charge is 2.23. The largest absolute Gasteiger partial charge is 0.373 e. The lowest BCUT2D eigenvalue weighted by Gasteiger charge is -2.33. The molecule has 0 amide bonds. The van der Waals surface area contributed by atoms with E-state index >= 15 is 0 Å². The van der Waals surface area contributed by atoms with Crippen molar-refractivity contribution in [2.24, 2.45) is 5.73 Å². The molecule has 1 aliphatic rings. The molecule has 0 bridgehead atoms. The van der Waals surface area contributed by atoms with Crippen LogP contribution in [0.25, 0.3) is 0 Å². The Balaban J connectivity index is 2.21. The first-order valence-corrected chi connectivity index (χ1v) is 5.82. The van der Waals surface area contributed by atoms with Crippen molar-refractivity contribution < 1.29 is 9.13 Å². The average Bonchev–Trinajstić information content (AvgIpc) is 2.39. The normalized spacial score (nSPS) is 20.6. The van der Waals surface area contributed by atoms with Crippen molar-refractivity contribution in [1.82, 2.24) is 9.97 Å². The molecule has 1 unspecified atom stereocenters. The van der Waals surface area contributed by atoms with E-state index in [0.717, 1.165) is 0 Å². The van der Waals surface area contributed by atoms with Crippen LogP contribution in [0.3, 0.4) is 0 Å². The van der Waals surface area contributed by atoms with Crippen LogP contribution in [0.1, 0.15) is 12.6 Å². The van der Waals surface area contributed by atoms with Gasteiger partial charge in [-0.25, -0.2) is 14.4 Å². The summed E-state index contributed by atoms with van der Waals surface area (Å²) < 4.78 is 19.5. The molecule has 0 aromatic carbocycles. The number of aromatic nitrogens is 2. The maximum absolute atomic E-state index is 14.0. The third-order valence-corrected chi connectivity index (χ3v) is 2.88. The summed E-state index contributed by atoms with van der Waals surface area (Å²) in [5.41, 5.74) is 6.01. The van der Waals surface area contributed by atoms with Gasteiger partial charge in [-0.05, 0) is 6.42 Å². The number of rotatable bonds is 3. The maximum atomic E-state index is 14.0. The molecule has 2 N–H and O–H groups in total. The summed E-state index contributed by atoms with van der Waals surface area (Å²) in [4.78, 5) is 9.82. The van der Waals surface area contributed by atoms with Gasteiger partial charge < -0.3 is 15.4 Å². The number of nitrogens with two attached hydrogens (primary N) is 1. The predicted molar refractivity (Wildman–Crippen MR) is 62.4 cm³/mol. The van der Waals surface area contributed by atoms with Crippen LogP contribution in [-0.2, 0) is 11.2 Å². The summed E-state index contributed by atoms with van der Waals surface area (Å²) in [7, 11) is 0. The van der Waals surface area contributed by atoms with E-state index in [2.05, 4.69) is 9.97 Å². The van der Waals surface area contributed by atoms with Crippen LogP contribution in [0.4, 0.5) is 10.2 Å². The van der Waals surface area contributed by atoms with Crippen molar-refractivity contribution in [2.45, 2.75) is 19.4 Å². The highest BCUT2D eigenvalue weighted by Crippen LogP contribution is 2.20. The Morgan fingerprint density at radius 1 is 1.59 bits per heavy atom. The van der Waals surface area contributed by atoms with E-state index < -0.39 is 0 Å². The van der Waals surface area contributed by atoms with Gasteiger partial charge in [0, 0.05) is 19.6 Å². The summed E-state index contributed by atoms with van der Waals surface area (Å²) in [6.07, 6.45) is 1.92. The van der Waals surface area contributed by atoms with Crippen molar-refractivity contribution in [1.29, 1.82) is 0 Å². The standard InChI is InChI=1S/C11H17FN4O/c1-2-9-10(12)11(15-7-14-9)16-3-4-17-8(5-13)6-16/h7-8H,2-6,13H2,1H3.